The molecule has 0 spiro atoms. The molecule has 0 saturated heterocycles. The third kappa shape index (κ3) is 5.27. The van der Waals surface area contributed by atoms with Gasteiger partial charge in [-0.25, -0.2) is 18.4 Å². The predicted molar refractivity (Wildman–Crippen MR) is 158 cm³/mol. The normalized spacial score (nSPS) is 12.8. The molecule has 2 heterocycles. The molecule has 16 heteroatoms. The van der Waals surface area contributed by atoms with Gasteiger partial charge in [0, 0.05) is 23.7 Å². The van der Waals surface area contributed by atoms with Crippen LogP contribution in [0.2, 0.25) is 10.2 Å². The van der Waals surface area contributed by atoms with Crippen LogP contribution in [0.25, 0.3) is 34.0 Å². The fraction of sp³-hybridized carbons (Fsp3) is 0.208. The quantitative estimate of drug-likeness (QED) is 0.258. The molecule has 4 N–H and O–H groups in total. The van der Waals surface area contributed by atoms with E-state index < -0.39 is 29.9 Å². The van der Waals surface area contributed by atoms with Gasteiger partial charge in [-0.3, -0.25) is 0 Å². The lowest BCUT2D eigenvalue weighted by Crippen LogP contribution is -2.59. The van der Waals surface area contributed by atoms with Gasteiger partial charge in [0.1, 0.15) is 10.6 Å². The molecule has 40 heavy (non-hydrogen) atoms. The lowest BCUT2D eigenvalue weighted by atomic mass is 9.28. The van der Waals surface area contributed by atoms with E-state index in [1.165, 1.54) is 18.3 Å². The number of aromatic nitrogens is 3. The molecule has 2 aromatic heterocycles. The maximum Gasteiger partial charge on any atom is 0.204 e. The molecule has 0 amide bonds. The number of hydrogen-bond acceptors (Lipinski definition) is 9. The average molecular weight is 538 g/mol. The lowest BCUT2D eigenvalue weighted by molar-refractivity contribution is 0.126. The van der Waals surface area contributed by atoms with Crippen LogP contribution in [-0.2, 0) is 16.4 Å². The number of rotatable bonds is 9. The van der Waals surface area contributed by atoms with Crippen molar-refractivity contribution in [3.63, 3.8) is 0 Å². The first-order valence-electron chi connectivity index (χ1n) is 11.7. The zero-order valence-electron chi connectivity index (χ0n) is 21.4. The molecule has 0 unspecified atom stereocenters. The summed E-state index contributed by atoms with van der Waals surface area (Å²) in [6, 6.07) is 14.6. The van der Waals surface area contributed by atoms with Gasteiger partial charge in [0.05, 0.1) is 63.9 Å². The largest absolute Gasteiger partial charge is 0.382 e. The van der Waals surface area contributed by atoms with Crippen molar-refractivity contribution in [3.05, 3.63) is 66.4 Å². The highest BCUT2D eigenvalue weighted by molar-refractivity contribution is 7.93. The summed E-state index contributed by atoms with van der Waals surface area (Å²) in [4.78, 5) is 4.91. The van der Waals surface area contributed by atoms with E-state index >= 15 is 0 Å². The topological polar surface area (TPSA) is 144 Å². The number of nitrogen functional groups attached to an aromatic ring is 1. The van der Waals surface area contributed by atoms with Crippen LogP contribution in [-0.4, -0.2) is 87.7 Å². The van der Waals surface area contributed by atoms with Gasteiger partial charge in [-0.15, -0.1) is 0 Å². The molecule has 4 aromatic rings. The van der Waals surface area contributed by atoms with Crippen molar-refractivity contribution in [1.29, 1.82) is 0 Å². The Morgan fingerprint density at radius 2 is 1.48 bits per heavy atom. The minimum atomic E-state index is -4.88. The van der Waals surface area contributed by atoms with E-state index in [4.69, 9.17) is 57.3 Å². The summed E-state index contributed by atoms with van der Waals surface area (Å²) in [6.45, 7) is 0.735. The molecule has 9 nitrogen and oxygen atoms in total. The molecule has 0 atom stereocenters. The maximum atomic E-state index is 13.3. The maximum absolute atomic E-state index is 13.3. The average Bonchev–Trinajstić information content (AvgIpc) is 3.38. The summed E-state index contributed by atoms with van der Waals surface area (Å²) < 4.78 is 32.0. The summed E-state index contributed by atoms with van der Waals surface area (Å²) in [5, 5.41) is 12.4. The van der Waals surface area contributed by atoms with Gasteiger partial charge in [0.2, 0.25) is 9.84 Å². The Morgan fingerprint density at radius 1 is 0.925 bits per heavy atom. The fourth-order valence-electron chi connectivity index (χ4n) is 4.06. The van der Waals surface area contributed by atoms with Gasteiger partial charge >= 0.3 is 0 Å². The molecule has 188 valence electrons. The smallest absolute Gasteiger partial charge is 0.204 e. The van der Waals surface area contributed by atoms with Gasteiger partial charge in [-0.1, -0.05) is 51.8 Å². The Morgan fingerprint density at radius 3 is 2.02 bits per heavy atom. The van der Waals surface area contributed by atoms with Crippen LogP contribution in [0.1, 0.15) is 5.56 Å². The van der Waals surface area contributed by atoms with E-state index in [1.807, 2.05) is 31.3 Å². The van der Waals surface area contributed by atoms with E-state index in [-0.39, 0.29) is 17.3 Å². The van der Waals surface area contributed by atoms with Crippen molar-refractivity contribution in [2.75, 3.05) is 12.8 Å². The molecule has 2 aromatic carbocycles. The minimum absolute atomic E-state index is 0.0930. The summed E-state index contributed by atoms with van der Waals surface area (Å²) in [6.07, 6.45) is 1.39. The van der Waals surface area contributed by atoms with Crippen LogP contribution in [0.15, 0.2) is 70.2 Å². The van der Waals surface area contributed by atoms with Gasteiger partial charge < -0.3 is 20.7 Å². The van der Waals surface area contributed by atoms with Crippen LogP contribution in [0.5, 0.6) is 0 Å². The van der Waals surface area contributed by atoms with Crippen LogP contribution < -0.4 is 11.1 Å². The molecule has 12 radical (unpaired) electrons. The first-order chi connectivity index (χ1) is 18.6. The van der Waals surface area contributed by atoms with Crippen molar-refractivity contribution in [3.8, 4) is 34.0 Å². The number of sulfone groups is 1. The number of nitrogens with two attached hydrogens (primary N) is 1. The van der Waals surface area contributed by atoms with Gasteiger partial charge in [-0.05, 0) is 24.7 Å². The lowest BCUT2D eigenvalue weighted by Gasteiger charge is -2.51. The molecular formula is C24H19B6N5O4S. The number of nitrogens with zero attached hydrogens (tertiary/aromatic N) is 3. The molecule has 0 aliphatic rings. The zero-order chi connectivity index (χ0) is 29.5. The molecule has 0 aliphatic heterocycles. The summed E-state index contributed by atoms with van der Waals surface area (Å²) in [5.41, 5.74) is 9.59. The number of anilines is 1. The Labute approximate surface area is 240 Å². The van der Waals surface area contributed by atoms with Crippen molar-refractivity contribution in [2.45, 2.75) is 26.6 Å². The van der Waals surface area contributed by atoms with Crippen LogP contribution in [0.4, 0.5) is 5.82 Å². The minimum Gasteiger partial charge on any atom is -0.382 e. The van der Waals surface area contributed by atoms with Crippen molar-refractivity contribution in [2.24, 2.45) is 0 Å². The van der Waals surface area contributed by atoms with Crippen LogP contribution >= 0.6 is 0 Å². The SMILES string of the molecule is [B]C([B])([B])C(O)(C([B])([B])[B])S(=O)(=O)c1ccc(-c2cnc(N)c(-c3cc(-c4ccc(CNC)cc4)no3)n2)cc1. The highest BCUT2D eigenvalue weighted by Gasteiger charge is 2.56. The van der Waals surface area contributed by atoms with E-state index in [0.717, 1.165) is 29.8 Å². The standard InChI is InChI=1S/C24H19B6N5O4S/c1-32-11-13-2-4-14(5-3-13)17-10-19(39-35-17)20-21(31)33-12-18(34-20)15-6-8-16(9-7-15)40(37,38)22(36,23(25,26)27)24(28,29)30/h2-10,12,32,36H,11H2,1H3,(H2,31,33). The first-order valence-corrected chi connectivity index (χ1v) is 13.2. The number of nitrogens with one attached hydrogen (secondary N) is 1. The van der Waals surface area contributed by atoms with Crippen molar-refractivity contribution in [1.82, 2.24) is 20.4 Å². The van der Waals surface area contributed by atoms with Crippen molar-refractivity contribution >= 4 is 62.7 Å². The molecule has 0 bridgehead atoms. The second kappa shape index (κ2) is 10.6. The van der Waals surface area contributed by atoms with Gasteiger partial charge in [-0.2, -0.15) is 0 Å². The van der Waals surface area contributed by atoms with Gasteiger partial charge in [0.25, 0.3) is 0 Å². The summed E-state index contributed by atoms with van der Waals surface area (Å²) in [7, 11) is 30.2. The third-order valence-corrected chi connectivity index (χ3v) is 8.58. The highest BCUT2D eigenvalue weighted by Crippen LogP contribution is 2.49. The van der Waals surface area contributed by atoms with Crippen LogP contribution in [0.3, 0.4) is 0 Å². The predicted octanol–water partition coefficient (Wildman–Crippen LogP) is 0.388. The van der Waals surface area contributed by atoms with E-state index in [0.29, 0.717) is 17.0 Å². The molecule has 4 rings (SSSR count). The Balaban J connectivity index is 1.66. The molecule has 0 saturated carbocycles. The third-order valence-electron chi connectivity index (χ3n) is 6.20. The molecule has 0 aliphatic carbocycles. The Kier molecular flexibility index (Phi) is 7.92. The number of hydrogen-bond donors (Lipinski definition) is 3. The zero-order valence-corrected chi connectivity index (χ0v) is 22.3. The van der Waals surface area contributed by atoms with E-state index in [1.54, 1.807) is 6.07 Å². The summed E-state index contributed by atoms with van der Waals surface area (Å²) in [5.74, 6) is 0.371. The fourth-order valence-corrected chi connectivity index (χ4v) is 5.82. The summed E-state index contributed by atoms with van der Waals surface area (Å²) >= 11 is 0. The number of benzene rings is 2. The molecular weight excluding hydrogens is 519 g/mol. The number of aliphatic hydroxyl groups is 1. The van der Waals surface area contributed by atoms with Crippen molar-refractivity contribution < 1.29 is 18.0 Å². The van der Waals surface area contributed by atoms with E-state index in [9.17, 15) is 13.5 Å². The van der Waals surface area contributed by atoms with E-state index in [2.05, 4.69) is 20.4 Å². The Bertz CT molecular complexity index is 1610. The second-order valence-electron chi connectivity index (χ2n) is 9.33. The van der Waals surface area contributed by atoms with Gasteiger partial charge in [0.15, 0.2) is 17.3 Å². The Hall–Kier alpha value is -3.21. The monoisotopic (exact) mass is 539 g/mol. The highest BCUT2D eigenvalue weighted by atomic mass is 32.2. The second-order valence-corrected chi connectivity index (χ2v) is 11.4. The van der Waals surface area contributed by atoms with Crippen LogP contribution in [0, 0.1) is 0 Å². The first kappa shape index (κ1) is 29.8. The molecule has 0 fully saturated rings.